The first-order valence-corrected chi connectivity index (χ1v) is 6.29. The number of nitrogens with zero attached hydrogens (tertiary/aromatic N) is 2. The van der Waals surface area contributed by atoms with E-state index in [-0.39, 0.29) is 5.91 Å². The van der Waals surface area contributed by atoms with Gasteiger partial charge in [0.25, 0.3) is 0 Å². The highest BCUT2D eigenvalue weighted by atomic mass is 32.2. The molecule has 0 aromatic carbocycles. The highest BCUT2D eigenvalue weighted by Crippen LogP contribution is 2.12. The van der Waals surface area contributed by atoms with Crippen molar-refractivity contribution in [1.82, 2.24) is 9.80 Å². The van der Waals surface area contributed by atoms with Crippen LogP contribution in [0.1, 0.15) is 0 Å². The summed E-state index contributed by atoms with van der Waals surface area (Å²) in [7, 11) is 0. The average Bonchev–Trinajstić information content (AvgIpc) is 2.29. The molecule has 84 valence electrons. The lowest BCUT2D eigenvalue weighted by atomic mass is 10.4. The molecular formula is C10H16N2O2S. The highest BCUT2D eigenvalue weighted by molar-refractivity contribution is 8.02. The summed E-state index contributed by atoms with van der Waals surface area (Å²) in [6.45, 7) is 5.36. The normalized spacial score (nSPS) is 23.5. The second kappa shape index (κ2) is 5.53. The summed E-state index contributed by atoms with van der Waals surface area (Å²) in [6, 6.07) is 0. The van der Waals surface area contributed by atoms with Crippen LogP contribution in [0.4, 0.5) is 0 Å². The van der Waals surface area contributed by atoms with E-state index in [0.717, 1.165) is 39.4 Å². The van der Waals surface area contributed by atoms with E-state index in [1.165, 1.54) is 0 Å². The Morgan fingerprint density at radius 1 is 1.33 bits per heavy atom. The lowest BCUT2D eigenvalue weighted by Crippen LogP contribution is -2.42. The second-order valence-corrected chi connectivity index (χ2v) is 4.53. The molecule has 0 aromatic rings. The predicted octanol–water partition coefficient (Wildman–Crippen LogP) is 0.365. The molecule has 0 radical (unpaired) electrons. The van der Waals surface area contributed by atoms with Gasteiger partial charge in [-0.2, -0.15) is 0 Å². The van der Waals surface area contributed by atoms with Gasteiger partial charge in [0.05, 0.1) is 19.0 Å². The molecule has 0 atom stereocenters. The van der Waals surface area contributed by atoms with Gasteiger partial charge >= 0.3 is 0 Å². The zero-order chi connectivity index (χ0) is 10.5. The minimum absolute atomic E-state index is 0.218. The maximum atomic E-state index is 11.5. The van der Waals surface area contributed by atoms with E-state index in [4.69, 9.17) is 4.74 Å². The van der Waals surface area contributed by atoms with Crippen molar-refractivity contribution in [2.75, 3.05) is 45.1 Å². The molecule has 1 fully saturated rings. The fraction of sp³-hybridized carbons (Fsp3) is 0.700. The van der Waals surface area contributed by atoms with Crippen molar-refractivity contribution >= 4 is 17.7 Å². The Hall–Kier alpha value is -0.520. The lowest BCUT2D eigenvalue weighted by Gasteiger charge is -2.29. The molecule has 0 spiro atoms. The molecule has 0 aromatic heterocycles. The van der Waals surface area contributed by atoms with Gasteiger partial charge < -0.3 is 9.64 Å². The van der Waals surface area contributed by atoms with Crippen molar-refractivity contribution in [3.05, 3.63) is 11.6 Å². The van der Waals surface area contributed by atoms with E-state index >= 15 is 0 Å². The lowest BCUT2D eigenvalue weighted by molar-refractivity contribution is -0.126. The third-order valence-electron chi connectivity index (χ3n) is 2.63. The smallest absolute Gasteiger partial charge is 0.236 e. The molecule has 5 heteroatoms. The van der Waals surface area contributed by atoms with Crippen molar-refractivity contribution in [2.24, 2.45) is 0 Å². The maximum absolute atomic E-state index is 11.5. The van der Waals surface area contributed by atoms with Crippen molar-refractivity contribution in [3.63, 3.8) is 0 Å². The van der Waals surface area contributed by atoms with Crippen molar-refractivity contribution in [3.8, 4) is 0 Å². The molecule has 15 heavy (non-hydrogen) atoms. The van der Waals surface area contributed by atoms with Gasteiger partial charge in [-0.25, -0.2) is 0 Å². The molecule has 2 rings (SSSR count). The molecule has 0 aliphatic carbocycles. The van der Waals surface area contributed by atoms with E-state index in [2.05, 4.69) is 4.90 Å². The van der Waals surface area contributed by atoms with Crippen LogP contribution in [-0.2, 0) is 9.53 Å². The summed E-state index contributed by atoms with van der Waals surface area (Å²) >= 11 is 1.56. The maximum Gasteiger partial charge on any atom is 0.236 e. The zero-order valence-corrected chi connectivity index (χ0v) is 9.54. The first-order chi connectivity index (χ1) is 7.36. The number of ether oxygens (including phenoxy) is 1. The number of thioether (sulfide) groups is 1. The molecule has 1 saturated heterocycles. The predicted molar refractivity (Wildman–Crippen MR) is 60.6 cm³/mol. The summed E-state index contributed by atoms with van der Waals surface area (Å²) in [5.41, 5.74) is 0. The SMILES string of the molecule is O=C1CSC=CN1CCN1CCOCC1. The number of hydrogen-bond donors (Lipinski definition) is 0. The van der Waals surface area contributed by atoms with E-state index in [1.807, 2.05) is 16.5 Å². The van der Waals surface area contributed by atoms with Gasteiger partial charge in [0, 0.05) is 32.4 Å². The molecule has 0 unspecified atom stereocenters. The Balaban J connectivity index is 1.74. The first-order valence-electron chi connectivity index (χ1n) is 5.24. The quantitative estimate of drug-likeness (QED) is 0.698. The van der Waals surface area contributed by atoms with Gasteiger partial charge in [0.15, 0.2) is 0 Å². The summed E-state index contributed by atoms with van der Waals surface area (Å²) in [6.07, 6.45) is 1.89. The summed E-state index contributed by atoms with van der Waals surface area (Å²) in [4.78, 5) is 15.6. The van der Waals surface area contributed by atoms with Gasteiger partial charge in [0.1, 0.15) is 0 Å². The van der Waals surface area contributed by atoms with E-state index in [1.54, 1.807) is 11.8 Å². The fourth-order valence-corrected chi connectivity index (χ4v) is 2.31. The number of amides is 1. The van der Waals surface area contributed by atoms with Crippen LogP contribution < -0.4 is 0 Å². The highest BCUT2D eigenvalue weighted by Gasteiger charge is 2.16. The van der Waals surface area contributed by atoms with Crippen LogP contribution in [0.3, 0.4) is 0 Å². The third kappa shape index (κ3) is 3.22. The minimum Gasteiger partial charge on any atom is -0.379 e. The van der Waals surface area contributed by atoms with Gasteiger partial charge in [0.2, 0.25) is 5.91 Å². The monoisotopic (exact) mass is 228 g/mol. The van der Waals surface area contributed by atoms with Crippen LogP contribution in [0.15, 0.2) is 11.6 Å². The molecule has 0 N–H and O–H groups in total. The molecule has 1 amide bonds. The molecule has 2 aliphatic rings. The minimum atomic E-state index is 0.218. The largest absolute Gasteiger partial charge is 0.379 e. The summed E-state index contributed by atoms with van der Waals surface area (Å²) in [5.74, 6) is 0.801. The third-order valence-corrected chi connectivity index (χ3v) is 3.35. The molecular weight excluding hydrogens is 212 g/mol. The Labute approximate surface area is 94.2 Å². The Kier molecular flexibility index (Phi) is 4.05. The number of carbonyl (C=O) groups excluding carboxylic acids is 1. The summed E-state index contributed by atoms with van der Waals surface area (Å²) < 4.78 is 5.27. The van der Waals surface area contributed by atoms with Crippen LogP contribution >= 0.6 is 11.8 Å². The molecule has 4 nitrogen and oxygen atoms in total. The van der Waals surface area contributed by atoms with E-state index in [0.29, 0.717) is 5.75 Å². The van der Waals surface area contributed by atoms with Crippen LogP contribution in [0.2, 0.25) is 0 Å². The molecule has 0 bridgehead atoms. The fourth-order valence-electron chi connectivity index (χ4n) is 1.68. The Bertz CT molecular complexity index is 252. The van der Waals surface area contributed by atoms with Crippen LogP contribution in [0, 0.1) is 0 Å². The van der Waals surface area contributed by atoms with Crippen molar-refractivity contribution < 1.29 is 9.53 Å². The Morgan fingerprint density at radius 3 is 2.87 bits per heavy atom. The molecule has 2 aliphatic heterocycles. The van der Waals surface area contributed by atoms with Gasteiger partial charge in [-0.15, -0.1) is 11.8 Å². The Morgan fingerprint density at radius 2 is 2.13 bits per heavy atom. The first kappa shape index (κ1) is 11.0. The van der Waals surface area contributed by atoms with Crippen molar-refractivity contribution in [1.29, 1.82) is 0 Å². The number of hydrogen-bond acceptors (Lipinski definition) is 4. The van der Waals surface area contributed by atoms with Crippen LogP contribution in [0.25, 0.3) is 0 Å². The second-order valence-electron chi connectivity index (χ2n) is 3.64. The topological polar surface area (TPSA) is 32.8 Å². The van der Waals surface area contributed by atoms with Crippen molar-refractivity contribution in [2.45, 2.75) is 0 Å². The number of carbonyl (C=O) groups is 1. The van der Waals surface area contributed by atoms with E-state index in [9.17, 15) is 4.79 Å². The van der Waals surface area contributed by atoms with Gasteiger partial charge in [-0.05, 0) is 5.41 Å². The molecule has 0 saturated carbocycles. The summed E-state index contributed by atoms with van der Waals surface area (Å²) in [5, 5.41) is 1.99. The van der Waals surface area contributed by atoms with Gasteiger partial charge in [-0.1, -0.05) is 0 Å². The van der Waals surface area contributed by atoms with Gasteiger partial charge in [-0.3, -0.25) is 9.69 Å². The zero-order valence-electron chi connectivity index (χ0n) is 8.72. The molecule has 2 heterocycles. The number of morpholine rings is 1. The van der Waals surface area contributed by atoms with E-state index < -0.39 is 0 Å². The standard InChI is InChI=1S/C10H16N2O2S/c13-10-9-15-8-5-12(10)2-1-11-3-6-14-7-4-11/h5,8H,1-4,6-7,9H2. The number of rotatable bonds is 3. The van der Waals surface area contributed by atoms with Crippen LogP contribution in [0.5, 0.6) is 0 Å². The van der Waals surface area contributed by atoms with Crippen LogP contribution in [-0.4, -0.2) is 60.9 Å². The average molecular weight is 228 g/mol.